The number of rotatable bonds is 6. The second kappa shape index (κ2) is 6.89. The Morgan fingerprint density at radius 1 is 1.17 bits per heavy atom. The van der Waals surface area contributed by atoms with Crippen LogP contribution in [0, 0.1) is 0 Å². The highest BCUT2D eigenvalue weighted by Crippen LogP contribution is 2.32. The maximum Gasteiger partial charge on any atom is 0.313 e. The monoisotopic (exact) mass is 252 g/mol. The van der Waals surface area contributed by atoms with Crippen molar-refractivity contribution in [3.05, 3.63) is 23.8 Å². The number of carbonyl (C=O) groups is 1. The maximum atomic E-state index is 11.8. The summed E-state index contributed by atoms with van der Waals surface area (Å²) in [6, 6.07) is 5.51. The number of esters is 1. The quantitative estimate of drug-likeness (QED) is 0.730. The molecule has 0 aliphatic heterocycles. The third-order valence-electron chi connectivity index (χ3n) is 2.87. The van der Waals surface area contributed by atoms with Crippen LogP contribution in [0.2, 0.25) is 0 Å². The topological polar surface area (TPSA) is 44.8 Å². The zero-order valence-corrected chi connectivity index (χ0v) is 11.4. The number of benzene rings is 1. The average molecular weight is 252 g/mol. The molecular weight excluding hydrogens is 232 g/mol. The first-order valence-electron chi connectivity index (χ1n) is 5.97. The number of carbonyl (C=O) groups excluding carboxylic acids is 1. The molecule has 0 saturated heterocycles. The molecule has 0 heterocycles. The zero-order chi connectivity index (χ0) is 13.5. The van der Waals surface area contributed by atoms with Gasteiger partial charge in [0.25, 0.3) is 0 Å². The van der Waals surface area contributed by atoms with E-state index in [0.717, 1.165) is 18.4 Å². The third-order valence-corrected chi connectivity index (χ3v) is 2.87. The molecule has 1 unspecified atom stereocenters. The smallest absolute Gasteiger partial charge is 0.313 e. The number of methoxy groups -OCH3 is 3. The molecule has 0 aromatic heterocycles. The van der Waals surface area contributed by atoms with E-state index < -0.39 is 0 Å². The number of hydrogen-bond donors (Lipinski definition) is 0. The van der Waals surface area contributed by atoms with Crippen LogP contribution in [0.25, 0.3) is 0 Å². The SMILES string of the molecule is CCCC(C(=O)OC)c1ccc(OC)c(OC)c1. The zero-order valence-electron chi connectivity index (χ0n) is 11.4. The molecular formula is C14H20O4. The highest BCUT2D eigenvalue weighted by Gasteiger charge is 2.21. The Kier molecular flexibility index (Phi) is 5.49. The summed E-state index contributed by atoms with van der Waals surface area (Å²) in [5.41, 5.74) is 0.890. The van der Waals surface area contributed by atoms with Crippen molar-refractivity contribution in [3.63, 3.8) is 0 Å². The van der Waals surface area contributed by atoms with Crippen LogP contribution >= 0.6 is 0 Å². The van der Waals surface area contributed by atoms with Gasteiger partial charge in [0.1, 0.15) is 0 Å². The Labute approximate surface area is 108 Å². The van der Waals surface area contributed by atoms with Crippen molar-refractivity contribution in [3.8, 4) is 11.5 Å². The van der Waals surface area contributed by atoms with Gasteiger partial charge in [-0.05, 0) is 24.1 Å². The fourth-order valence-corrected chi connectivity index (χ4v) is 1.92. The van der Waals surface area contributed by atoms with Crippen LogP contribution in [-0.2, 0) is 9.53 Å². The van der Waals surface area contributed by atoms with E-state index >= 15 is 0 Å². The van der Waals surface area contributed by atoms with Crippen molar-refractivity contribution < 1.29 is 19.0 Å². The maximum absolute atomic E-state index is 11.8. The molecule has 0 aliphatic rings. The second-order valence-electron chi connectivity index (χ2n) is 3.98. The van der Waals surface area contributed by atoms with Crippen molar-refractivity contribution in [2.75, 3.05) is 21.3 Å². The summed E-state index contributed by atoms with van der Waals surface area (Å²) >= 11 is 0. The van der Waals surface area contributed by atoms with Gasteiger partial charge in [-0.15, -0.1) is 0 Å². The van der Waals surface area contributed by atoms with Crippen molar-refractivity contribution >= 4 is 5.97 Å². The van der Waals surface area contributed by atoms with Gasteiger partial charge in [-0.2, -0.15) is 0 Å². The second-order valence-corrected chi connectivity index (χ2v) is 3.98. The Hall–Kier alpha value is -1.71. The number of ether oxygens (including phenoxy) is 3. The molecule has 0 saturated carbocycles. The molecule has 1 aromatic rings. The van der Waals surface area contributed by atoms with E-state index in [4.69, 9.17) is 14.2 Å². The summed E-state index contributed by atoms with van der Waals surface area (Å²) in [5.74, 6) is 0.810. The van der Waals surface area contributed by atoms with Gasteiger partial charge in [0.15, 0.2) is 11.5 Å². The lowest BCUT2D eigenvalue weighted by Crippen LogP contribution is -2.14. The van der Waals surface area contributed by atoms with E-state index in [1.54, 1.807) is 20.3 Å². The molecule has 0 amide bonds. The average Bonchev–Trinajstić information content (AvgIpc) is 2.43. The fraction of sp³-hybridized carbons (Fsp3) is 0.500. The molecule has 1 atom stereocenters. The predicted octanol–water partition coefficient (Wildman–Crippen LogP) is 2.76. The summed E-state index contributed by atoms with van der Waals surface area (Å²) in [5, 5.41) is 0. The molecule has 0 radical (unpaired) electrons. The van der Waals surface area contributed by atoms with Gasteiger partial charge in [0.2, 0.25) is 0 Å². The van der Waals surface area contributed by atoms with E-state index in [2.05, 4.69) is 0 Å². The Morgan fingerprint density at radius 3 is 2.33 bits per heavy atom. The minimum atomic E-state index is -0.250. The van der Waals surface area contributed by atoms with Crippen molar-refractivity contribution in [2.45, 2.75) is 25.7 Å². The van der Waals surface area contributed by atoms with Gasteiger partial charge in [-0.25, -0.2) is 0 Å². The minimum absolute atomic E-state index is 0.218. The molecule has 18 heavy (non-hydrogen) atoms. The van der Waals surface area contributed by atoms with Crippen LogP contribution in [-0.4, -0.2) is 27.3 Å². The van der Waals surface area contributed by atoms with Gasteiger partial charge >= 0.3 is 5.97 Å². The van der Waals surface area contributed by atoms with Gasteiger partial charge in [0, 0.05) is 0 Å². The first kappa shape index (κ1) is 14.4. The lowest BCUT2D eigenvalue weighted by molar-refractivity contribution is -0.142. The summed E-state index contributed by atoms with van der Waals surface area (Å²) < 4.78 is 15.3. The summed E-state index contributed by atoms with van der Waals surface area (Å²) in [6.07, 6.45) is 1.66. The van der Waals surface area contributed by atoms with Gasteiger partial charge < -0.3 is 14.2 Å². The lowest BCUT2D eigenvalue weighted by atomic mass is 9.94. The Balaban J connectivity index is 3.08. The molecule has 1 rings (SSSR count). The van der Waals surface area contributed by atoms with Crippen LogP contribution in [0.5, 0.6) is 11.5 Å². The standard InChI is InChI=1S/C14H20O4/c1-5-6-11(14(15)18-4)10-7-8-12(16-2)13(9-10)17-3/h7-9,11H,5-6H2,1-4H3. The highest BCUT2D eigenvalue weighted by molar-refractivity contribution is 5.78. The van der Waals surface area contributed by atoms with Crippen LogP contribution in [0.4, 0.5) is 0 Å². The van der Waals surface area contributed by atoms with Crippen LogP contribution in [0.1, 0.15) is 31.2 Å². The molecule has 4 heteroatoms. The molecule has 100 valence electrons. The van der Waals surface area contributed by atoms with E-state index in [9.17, 15) is 4.79 Å². The van der Waals surface area contributed by atoms with Crippen molar-refractivity contribution in [1.82, 2.24) is 0 Å². The fourth-order valence-electron chi connectivity index (χ4n) is 1.92. The van der Waals surface area contributed by atoms with E-state index in [1.165, 1.54) is 7.11 Å². The molecule has 0 bridgehead atoms. The first-order valence-corrected chi connectivity index (χ1v) is 5.97. The van der Waals surface area contributed by atoms with Crippen LogP contribution in [0.15, 0.2) is 18.2 Å². The molecule has 0 N–H and O–H groups in total. The molecule has 4 nitrogen and oxygen atoms in total. The van der Waals surface area contributed by atoms with Crippen LogP contribution < -0.4 is 9.47 Å². The molecule has 0 spiro atoms. The summed E-state index contributed by atoms with van der Waals surface area (Å²) in [6.45, 7) is 2.04. The molecule has 1 aromatic carbocycles. The molecule has 0 fully saturated rings. The highest BCUT2D eigenvalue weighted by atomic mass is 16.5. The Bertz CT molecular complexity index is 401. The van der Waals surface area contributed by atoms with Gasteiger partial charge in [-0.1, -0.05) is 19.4 Å². The van der Waals surface area contributed by atoms with E-state index in [0.29, 0.717) is 11.5 Å². The van der Waals surface area contributed by atoms with Gasteiger partial charge in [-0.3, -0.25) is 4.79 Å². The van der Waals surface area contributed by atoms with E-state index in [1.807, 2.05) is 19.1 Å². The normalized spacial score (nSPS) is 11.8. The van der Waals surface area contributed by atoms with Crippen molar-refractivity contribution in [1.29, 1.82) is 0 Å². The predicted molar refractivity (Wildman–Crippen MR) is 69.2 cm³/mol. The van der Waals surface area contributed by atoms with Gasteiger partial charge in [0.05, 0.1) is 27.2 Å². The Morgan fingerprint density at radius 2 is 1.83 bits per heavy atom. The minimum Gasteiger partial charge on any atom is -0.493 e. The van der Waals surface area contributed by atoms with Crippen LogP contribution in [0.3, 0.4) is 0 Å². The summed E-state index contributed by atoms with van der Waals surface area (Å²) in [7, 11) is 4.57. The largest absolute Gasteiger partial charge is 0.493 e. The first-order chi connectivity index (χ1) is 8.67. The third kappa shape index (κ3) is 3.15. The lowest BCUT2D eigenvalue weighted by Gasteiger charge is -2.16. The summed E-state index contributed by atoms with van der Waals surface area (Å²) in [4.78, 5) is 11.8. The van der Waals surface area contributed by atoms with E-state index in [-0.39, 0.29) is 11.9 Å². The number of hydrogen-bond acceptors (Lipinski definition) is 4. The molecule has 0 aliphatic carbocycles. The van der Waals surface area contributed by atoms with Crippen molar-refractivity contribution in [2.24, 2.45) is 0 Å².